The van der Waals surface area contributed by atoms with Crippen LogP contribution in [-0.2, 0) is 14.6 Å². The maximum atomic E-state index is 14.0. The minimum absolute atomic E-state index is 0.0887. The van der Waals surface area contributed by atoms with Crippen molar-refractivity contribution >= 4 is 32.3 Å². The Balaban J connectivity index is 2.09. The third kappa shape index (κ3) is 5.47. The lowest BCUT2D eigenvalue weighted by molar-refractivity contribution is 0.509. The fraction of sp³-hybridized carbons (Fsp3) is 0.176. The maximum Gasteiger partial charge on any atom is 0.206 e. The highest BCUT2D eigenvalue weighted by atomic mass is 32.2. The molecular weight excluding hydrogens is 369 g/mol. The number of anilines is 1. The van der Waals surface area contributed by atoms with Crippen molar-refractivity contribution in [1.82, 2.24) is 4.98 Å². The van der Waals surface area contributed by atoms with Gasteiger partial charge < -0.3 is 9.53 Å². The zero-order chi connectivity index (χ0) is 18.4. The highest BCUT2D eigenvalue weighted by molar-refractivity contribution is 7.83. The van der Waals surface area contributed by atoms with E-state index in [0.29, 0.717) is 17.1 Å². The molecule has 1 N–H and O–H groups in total. The van der Waals surface area contributed by atoms with Gasteiger partial charge in [0.1, 0.15) is 5.69 Å². The molecule has 0 saturated carbocycles. The second-order valence-electron chi connectivity index (χ2n) is 5.01. The summed E-state index contributed by atoms with van der Waals surface area (Å²) in [7, 11) is -1.30. The van der Waals surface area contributed by atoms with Crippen LogP contribution in [0.3, 0.4) is 0 Å². The summed E-state index contributed by atoms with van der Waals surface area (Å²) in [6.45, 7) is 3.84. The van der Waals surface area contributed by atoms with Crippen molar-refractivity contribution < 1.29 is 17.4 Å². The van der Waals surface area contributed by atoms with Crippen molar-refractivity contribution in [2.45, 2.75) is 13.8 Å². The number of thiazole rings is 1. The summed E-state index contributed by atoms with van der Waals surface area (Å²) in [5, 5.41) is 2.22. The Hall–Kier alpha value is -2.06. The molecule has 0 saturated heterocycles. The van der Waals surface area contributed by atoms with Crippen LogP contribution in [0, 0.1) is 16.8 Å². The molecule has 25 heavy (non-hydrogen) atoms. The molecule has 0 radical (unpaired) electrons. The zero-order valence-corrected chi connectivity index (χ0v) is 15.2. The van der Waals surface area contributed by atoms with Crippen molar-refractivity contribution in [2.75, 3.05) is 11.1 Å². The van der Waals surface area contributed by atoms with Gasteiger partial charge >= 0.3 is 0 Å². The van der Waals surface area contributed by atoms with Crippen LogP contribution in [0.2, 0.25) is 0 Å². The number of allylic oxidation sites excluding steroid dienone is 3. The van der Waals surface area contributed by atoms with E-state index < -0.39 is 27.2 Å². The predicted octanol–water partition coefficient (Wildman–Crippen LogP) is 4.89. The minimum Gasteiger partial charge on any atom is -0.460 e. The fourth-order valence-electron chi connectivity index (χ4n) is 1.77. The second kappa shape index (κ2) is 8.87. The van der Waals surface area contributed by atoms with E-state index in [1.807, 2.05) is 26.0 Å². The standard InChI is InChI=1S/C17H16F3N2OS2/c1-3-11(2)5-4-8-25(23)10-21-17-22-15(16(20)24-17)12-6-7-13(18)14(19)9-12/h3-7,9-10H,8H2,1-2H3,(H,21,22)/q-1/b5-4-,11-3-. The lowest BCUT2D eigenvalue weighted by Gasteiger charge is -2.01. The molecule has 0 spiro atoms. The number of nitrogens with one attached hydrogen (secondary N) is 1. The van der Waals surface area contributed by atoms with E-state index in [1.165, 1.54) is 11.6 Å². The smallest absolute Gasteiger partial charge is 0.206 e. The van der Waals surface area contributed by atoms with E-state index in [1.54, 1.807) is 6.08 Å². The highest BCUT2D eigenvalue weighted by Gasteiger charge is 2.14. The van der Waals surface area contributed by atoms with Crippen LogP contribution in [0.1, 0.15) is 13.8 Å². The number of halogens is 3. The first kappa shape index (κ1) is 19.3. The summed E-state index contributed by atoms with van der Waals surface area (Å²) in [6.07, 6.45) is 5.56. The van der Waals surface area contributed by atoms with Gasteiger partial charge in [0.25, 0.3) is 0 Å². The Labute approximate surface area is 150 Å². The lowest BCUT2D eigenvalue weighted by Crippen LogP contribution is -1.99. The Kier molecular flexibility index (Phi) is 6.83. The molecule has 0 aliphatic rings. The third-order valence-corrected chi connectivity index (χ3v) is 4.87. The Bertz CT molecular complexity index is 897. The third-order valence-electron chi connectivity index (χ3n) is 3.19. The molecule has 0 bridgehead atoms. The van der Waals surface area contributed by atoms with Crippen LogP contribution in [0.4, 0.5) is 18.3 Å². The average Bonchev–Trinajstić information content (AvgIpc) is 2.96. The molecule has 0 fully saturated rings. The maximum absolute atomic E-state index is 14.0. The number of hydrogen-bond donors (Lipinski definition) is 1. The molecule has 0 aliphatic carbocycles. The van der Waals surface area contributed by atoms with Gasteiger partial charge in [-0.1, -0.05) is 40.3 Å². The number of benzene rings is 1. The quantitative estimate of drug-likeness (QED) is 0.438. The van der Waals surface area contributed by atoms with Gasteiger partial charge in [0.2, 0.25) is 5.13 Å². The summed E-state index contributed by atoms with van der Waals surface area (Å²) in [6, 6.07) is 3.04. The summed E-state index contributed by atoms with van der Waals surface area (Å²) in [4.78, 5) is 4.00. The van der Waals surface area contributed by atoms with Gasteiger partial charge in [-0.15, -0.1) is 6.08 Å². The van der Waals surface area contributed by atoms with E-state index in [4.69, 9.17) is 0 Å². The molecule has 3 nitrogen and oxygen atoms in total. The van der Waals surface area contributed by atoms with Crippen LogP contribution in [-0.4, -0.2) is 16.2 Å². The SMILES string of the molecule is C/C=C(C)\C=C/C[S-](=O)=CNc1nc(-c2ccc(F)c(F)c2)c(F)s1. The van der Waals surface area contributed by atoms with Crippen LogP contribution in [0.25, 0.3) is 11.3 Å². The Morgan fingerprint density at radius 2 is 2.08 bits per heavy atom. The van der Waals surface area contributed by atoms with E-state index in [0.717, 1.165) is 17.7 Å². The van der Waals surface area contributed by atoms with Gasteiger partial charge in [-0.25, -0.2) is 13.8 Å². The van der Waals surface area contributed by atoms with Crippen LogP contribution < -0.4 is 5.32 Å². The van der Waals surface area contributed by atoms with Gasteiger partial charge in [-0.3, -0.25) is 10.4 Å². The average molecular weight is 385 g/mol. The molecule has 2 rings (SSSR count). The Morgan fingerprint density at radius 1 is 1.32 bits per heavy atom. The van der Waals surface area contributed by atoms with Crippen LogP contribution >= 0.6 is 11.3 Å². The minimum atomic E-state index is -1.30. The second-order valence-corrected chi connectivity index (χ2v) is 7.29. The molecule has 0 unspecified atom stereocenters. The van der Waals surface area contributed by atoms with Crippen LogP contribution in [0.5, 0.6) is 0 Å². The van der Waals surface area contributed by atoms with Gasteiger partial charge in [0, 0.05) is 5.56 Å². The molecule has 1 aromatic carbocycles. The highest BCUT2D eigenvalue weighted by Crippen LogP contribution is 2.30. The molecule has 0 amide bonds. The van der Waals surface area contributed by atoms with Gasteiger partial charge in [0.15, 0.2) is 16.8 Å². The number of hydrogen-bond acceptors (Lipinski definition) is 4. The normalized spacial score (nSPS) is 13.6. The molecule has 0 atom stereocenters. The summed E-state index contributed by atoms with van der Waals surface area (Å²) in [5.41, 5.74) is 2.41. The molecule has 1 heterocycles. The molecule has 8 heteroatoms. The zero-order valence-electron chi connectivity index (χ0n) is 13.6. The Morgan fingerprint density at radius 3 is 2.76 bits per heavy atom. The number of aromatic nitrogens is 1. The molecule has 0 aliphatic heterocycles. The topological polar surface area (TPSA) is 42.0 Å². The van der Waals surface area contributed by atoms with Crippen molar-refractivity contribution in [2.24, 2.45) is 0 Å². The van der Waals surface area contributed by atoms with E-state index in [-0.39, 0.29) is 16.4 Å². The van der Waals surface area contributed by atoms with Crippen molar-refractivity contribution in [1.29, 1.82) is 0 Å². The lowest BCUT2D eigenvalue weighted by atomic mass is 10.1. The molecule has 2 aromatic rings. The molecule has 1 aromatic heterocycles. The molecular formula is C17H16F3N2OS2-. The first-order chi connectivity index (χ1) is 11.9. The molecule has 134 valence electrons. The van der Waals surface area contributed by atoms with Gasteiger partial charge in [-0.2, -0.15) is 4.39 Å². The van der Waals surface area contributed by atoms with Crippen LogP contribution in [0.15, 0.2) is 42.0 Å². The van der Waals surface area contributed by atoms with Crippen molar-refractivity contribution in [3.05, 3.63) is 58.8 Å². The van der Waals surface area contributed by atoms with E-state index >= 15 is 0 Å². The fourth-order valence-corrected chi connectivity index (χ4v) is 3.16. The first-order valence-corrected chi connectivity index (χ1v) is 9.49. The number of rotatable bonds is 6. The monoisotopic (exact) mass is 385 g/mol. The predicted molar refractivity (Wildman–Crippen MR) is 98.6 cm³/mol. The largest absolute Gasteiger partial charge is 0.460 e. The first-order valence-electron chi connectivity index (χ1n) is 7.29. The summed E-state index contributed by atoms with van der Waals surface area (Å²) >= 11 is 0.696. The van der Waals surface area contributed by atoms with Gasteiger partial charge in [0.05, 0.1) is 0 Å². The van der Waals surface area contributed by atoms with E-state index in [2.05, 4.69) is 10.3 Å². The van der Waals surface area contributed by atoms with Crippen molar-refractivity contribution in [3.8, 4) is 11.3 Å². The van der Waals surface area contributed by atoms with Gasteiger partial charge in [-0.05, 0) is 32.0 Å². The summed E-state index contributed by atoms with van der Waals surface area (Å²) < 4.78 is 52.0. The number of nitrogens with zero attached hydrogens (tertiary/aromatic N) is 1. The summed E-state index contributed by atoms with van der Waals surface area (Å²) in [5.74, 6) is -1.78. The van der Waals surface area contributed by atoms with E-state index in [9.17, 15) is 17.4 Å². The van der Waals surface area contributed by atoms with Crippen molar-refractivity contribution in [3.63, 3.8) is 0 Å².